The van der Waals surface area contributed by atoms with Gasteiger partial charge >= 0.3 is 0 Å². The lowest BCUT2D eigenvalue weighted by atomic mass is 10.0. The molecule has 0 aliphatic carbocycles. The molecule has 2 atom stereocenters. The topological polar surface area (TPSA) is 58.6 Å². The van der Waals surface area contributed by atoms with Crippen LogP contribution in [0, 0.1) is 0 Å². The summed E-state index contributed by atoms with van der Waals surface area (Å²) in [6.45, 7) is 4.76. The molecule has 0 aliphatic rings. The molecule has 0 amide bonds. The molecule has 0 aliphatic heterocycles. The predicted molar refractivity (Wildman–Crippen MR) is 95.6 cm³/mol. The van der Waals surface area contributed by atoms with Gasteiger partial charge in [-0.3, -0.25) is 4.79 Å². The number of carbonyl (C=O) groups excluding carboxylic acids is 1. The van der Waals surface area contributed by atoms with Crippen LogP contribution < -0.4 is 10.1 Å². The summed E-state index contributed by atoms with van der Waals surface area (Å²) in [5.41, 5.74) is 1.12. The van der Waals surface area contributed by atoms with E-state index in [1.165, 1.54) is 0 Å². The number of aliphatic hydroxyl groups is 1. The first-order valence-corrected chi connectivity index (χ1v) is 8.34. The monoisotopic (exact) mass is 327 g/mol. The van der Waals surface area contributed by atoms with E-state index in [9.17, 15) is 9.90 Å². The molecule has 2 aromatic rings. The Hall–Kier alpha value is -2.17. The zero-order valence-electron chi connectivity index (χ0n) is 14.2. The van der Waals surface area contributed by atoms with Gasteiger partial charge in [0.15, 0.2) is 5.78 Å². The first-order valence-electron chi connectivity index (χ1n) is 8.34. The molecule has 0 saturated carbocycles. The molecule has 0 heterocycles. The first-order chi connectivity index (χ1) is 11.6. The Morgan fingerprint density at radius 3 is 2.50 bits per heavy atom. The molecule has 0 bridgehead atoms. The molecular weight excluding hydrogens is 302 g/mol. The quantitative estimate of drug-likeness (QED) is 0.695. The fraction of sp³-hybridized carbons (Fsp3) is 0.350. The van der Waals surface area contributed by atoms with Gasteiger partial charge in [0.2, 0.25) is 0 Å². The second kappa shape index (κ2) is 9.21. The maximum Gasteiger partial charge on any atom is 0.196 e. The summed E-state index contributed by atoms with van der Waals surface area (Å²) in [6, 6.07) is 16.6. The number of aliphatic hydroxyl groups excluding tert-OH is 1. The van der Waals surface area contributed by atoms with Crippen LogP contribution in [-0.4, -0.2) is 36.2 Å². The number of hydrogen-bond donors (Lipinski definition) is 2. The summed E-state index contributed by atoms with van der Waals surface area (Å²) in [5, 5.41) is 13.3. The number of ketones is 1. The highest BCUT2D eigenvalue weighted by Crippen LogP contribution is 2.21. The Balaban J connectivity index is 2.00. The van der Waals surface area contributed by atoms with E-state index in [0.717, 1.165) is 6.42 Å². The van der Waals surface area contributed by atoms with Gasteiger partial charge in [0.1, 0.15) is 18.5 Å². The summed E-state index contributed by atoms with van der Waals surface area (Å²) in [6.07, 6.45) is 0.376. The van der Waals surface area contributed by atoms with Crippen molar-refractivity contribution < 1.29 is 14.6 Å². The summed E-state index contributed by atoms with van der Waals surface area (Å²) >= 11 is 0. The molecule has 2 N–H and O–H groups in total. The summed E-state index contributed by atoms with van der Waals surface area (Å²) in [7, 11) is 0. The van der Waals surface area contributed by atoms with Crippen molar-refractivity contribution >= 4 is 5.78 Å². The normalized spacial score (nSPS) is 13.3. The zero-order valence-corrected chi connectivity index (χ0v) is 14.2. The molecule has 0 radical (unpaired) electrons. The molecule has 128 valence electrons. The van der Waals surface area contributed by atoms with E-state index in [-0.39, 0.29) is 12.4 Å². The van der Waals surface area contributed by atoms with Crippen LogP contribution >= 0.6 is 0 Å². The Bertz CT molecular complexity index is 642. The van der Waals surface area contributed by atoms with Gasteiger partial charge < -0.3 is 15.2 Å². The Morgan fingerprint density at radius 2 is 1.79 bits per heavy atom. The molecule has 0 unspecified atom stereocenters. The highest BCUT2D eigenvalue weighted by Gasteiger charge is 2.15. The number of ether oxygens (including phenoxy) is 1. The molecule has 4 heteroatoms. The number of para-hydroxylation sites is 1. The average Bonchev–Trinajstić information content (AvgIpc) is 2.64. The van der Waals surface area contributed by atoms with Crippen LogP contribution in [0.3, 0.4) is 0 Å². The van der Waals surface area contributed by atoms with Gasteiger partial charge in [0.25, 0.3) is 0 Å². The van der Waals surface area contributed by atoms with Crippen molar-refractivity contribution in [1.29, 1.82) is 0 Å². The van der Waals surface area contributed by atoms with E-state index in [1.54, 1.807) is 24.3 Å². The lowest BCUT2D eigenvalue weighted by Gasteiger charge is -2.17. The van der Waals surface area contributed by atoms with E-state index >= 15 is 0 Å². The van der Waals surface area contributed by atoms with Gasteiger partial charge in [-0.25, -0.2) is 0 Å². The fourth-order valence-corrected chi connectivity index (χ4v) is 2.25. The third-order valence-electron chi connectivity index (χ3n) is 3.91. The highest BCUT2D eigenvalue weighted by molar-refractivity contribution is 6.10. The van der Waals surface area contributed by atoms with Crippen molar-refractivity contribution in [1.82, 2.24) is 5.32 Å². The molecule has 2 aromatic carbocycles. The molecule has 24 heavy (non-hydrogen) atoms. The van der Waals surface area contributed by atoms with Crippen molar-refractivity contribution in [2.24, 2.45) is 0 Å². The van der Waals surface area contributed by atoms with Gasteiger partial charge in [-0.1, -0.05) is 49.4 Å². The molecule has 0 spiro atoms. The van der Waals surface area contributed by atoms with Crippen LogP contribution in [0.15, 0.2) is 54.6 Å². The van der Waals surface area contributed by atoms with Crippen LogP contribution in [0.5, 0.6) is 5.75 Å². The maximum absolute atomic E-state index is 12.6. The lowest BCUT2D eigenvalue weighted by Crippen LogP contribution is -2.36. The minimum absolute atomic E-state index is 0.0848. The smallest absolute Gasteiger partial charge is 0.196 e. The third kappa shape index (κ3) is 5.18. The number of carbonyl (C=O) groups is 1. The molecule has 0 saturated heterocycles. The largest absolute Gasteiger partial charge is 0.490 e. The van der Waals surface area contributed by atoms with Crippen LogP contribution in [0.25, 0.3) is 0 Å². The molecule has 0 aromatic heterocycles. The lowest BCUT2D eigenvalue weighted by molar-refractivity contribution is 0.0979. The minimum Gasteiger partial charge on any atom is -0.490 e. The molecular formula is C20H25NO3. The molecule has 4 nitrogen and oxygen atoms in total. The number of hydrogen-bond acceptors (Lipinski definition) is 4. The fourth-order valence-electron chi connectivity index (χ4n) is 2.25. The van der Waals surface area contributed by atoms with Gasteiger partial charge in [-0.05, 0) is 25.5 Å². The zero-order chi connectivity index (χ0) is 17.4. The Labute approximate surface area is 143 Å². The van der Waals surface area contributed by atoms with E-state index in [1.807, 2.05) is 30.3 Å². The van der Waals surface area contributed by atoms with Crippen LogP contribution in [-0.2, 0) is 0 Å². The third-order valence-corrected chi connectivity index (χ3v) is 3.91. The van der Waals surface area contributed by atoms with Gasteiger partial charge in [0.05, 0.1) is 5.56 Å². The van der Waals surface area contributed by atoms with Crippen molar-refractivity contribution in [3.8, 4) is 5.75 Å². The van der Waals surface area contributed by atoms with E-state index < -0.39 is 6.10 Å². The van der Waals surface area contributed by atoms with E-state index in [0.29, 0.717) is 29.5 Å². The second-order valence-corrected chi connectivity index (χ2v) is 5.87. The van der Waals surface area contributed by atoms with Crippen molar-refractivity contribution in [3.63, 3.8) is 0 Å². The van der Waals surface area contributed by atoms with Crippen LogP contribution in [0.2, 0.25) is 0 Å². The molecule has 2 rings (SSSR count). The Morgan fingerprint density at radius 1 is 1.12 bits per heavy atom. The SMILES string of the molecule is CC[C@H](C)NC[C@H](O)COc1ccccc1C(=O)c1ccccc1. The Kier molecular flexibility index (Phi) is 6.97. The standard InChI is InChI=1S/C20H25NO3/c1-3-15(2)21-13-17(22)14-24-19-12-8-7-11-18(19)20(23)16-9-5-4-6-10-16/h4-12,15,17,21-22H,3,13-14H2,1-2H3/t15-,17-/m0/s1. The summed E-state index contributed by atoms with van der Waals surface area (Å²) < 4.78 is 5.70. The number of nitrogens with one attached hydrogen (secondary N) is 1. The van der Waals surface area contributed by atoms with Crippen LogP contribution in [0.4, 0.5) is 0 Å². The number of benzene rings is 2. The maximum atomic E-state index is 12.6. The second-order valence-electron chi connectivity index (χ2n) is 5.87. The van der Waals surface area contributed by atoms with Gasteiger partial charge in [-0.2, -0.15) is 0 Å². The van der Waals surface area contributed by atoms with Crippen molar-refractivity contribution in [3.05, 3.63) is 65.7 Å². The van der Waals surface area contributed by atoms with Crippen molar-refractivity contribution in [2.45, 2.75) is 32.4 Å². The van der Waals surface area contributed by atoms with Gasteiger partial charge in [0, 0.05) is 18.2 Å². The summed E-state index contributed by atoms with van der Waals surface area (Å²) in [4.78, 5) is 12.6. The molecule has 0 fully saturated rings. The van der Waals surface area contributed by atoms with Gasteiger partial charge in [-0.15, -0.1) is 0 Å². The van der Waals surface area contributed by atoms with Crippen molar-refractivity contribution in [2.75, 3.05) is 13.2 Å². The average molecular weight is 327 g/mol. The number of rotatable bonds is 9. The predicted octanol–water partition coefficient (Wildman–Crippen LogP) is 3.05. The summed E-state index contributed by atoms with van der Waals surface area (Å²) in [5.74, 6) is 0.410. The van der Waals surface area contributed by atoms with Crippen LogP contribution in [0.1, 0.15) is 36.2 Å². The minimum atomic E-state index is -0.626. The van der Waals surface area contributed by atoms with E-state index in [2.05, 4.69) is 19.2 Å². The van der Waals surface area contributed by atoms with E-state index in [4.69, 9.17) is 4.74 Å². The highest BCUT2D eigenvalue weighted by atomic mass is 16.5. The first kappa shape index (κ1) is 18.2.